The minimum atomic E-state index is -6.13. The molecule has 1 aliphatic rings. The van der Waals surface area contributed by atoms with E-state index in [2.05, 4.69) is 0 Å². The van der Waals surface area contributed by atoms with Crippen molar-refractivity contribution in [3.05, 3.63) is 0 Å². The van der Waals surface area contributed by atoms with Crippen LogP contribution in [0.15, 0.2) is 0 Å². The number of quaternary nitrogens is 1. The fourth-order valence-electron chi connectivity index (χ4n) is 2.71. The van der Waals surface area contributed by atoms with Gasteiger partial charge in [0.2, 0.25) is 5.37 Å². The van der Waals surface area contributed by atoms with Crippen LogP contribution in [0.1, 0.15) is 26.2 Å². The molecule has 132 valence electrons. The minimum absolute atomic E-state index is 0.223. The van der Waals surface area contributed by atoms with Crippen LogP contribution in [0.4, 0.5) is 26.3 Å². The fourth-order valence-corrected chi connectivity index (χ4v) is 6.51. The molecule has 0 aromatic carbocycles. The molecule has 2 atom stereocenters. The van der Waals surface area contributed by atoms with Gasteiger partial charge in [-0.1, -0.05) is 6.92 Å². The second-order valence-electron chi connectivity index (χ2n) is 4.91. The molecular formula is C9H14F6NO4S2+. The van der Waals surface area contributed by atoms with E-state index < -0.39 is 59.6 Å². The summed E-state index contributed by atoms with van der Waals surface area (Å²) in [6.07, 6.45) is -1.38. The molecule has 0 spiro atoms. The molecule has 0 aromatic heterocycles. The van der Waals surface area contributed by atoms with Crippen molar-refractivity contribution in [1.29, 1.82) is 0 Å². The lowest BCUT2D eigenvalue weighted by atomic mass is 10.4. The molecule has 1 fully saturated rings. The van der Waals surface area contributed by atoms with Gasteiger partial charge in [0, 0.05) is 12.8 Å². The van der Waals surface area contributed by atoms with Gasteiger partial charge >= 0.3 is 30.9 Å². The first kappa shape index (κ1) is 19.5. The van der Waals surface area contributed by atoms with E-state index >= 15 is 0 Å². The third-order valence-corrected chi connectivity index (χ3v) is 7.86. The average molecular weight is 378 g/mol. The normalized spacial score (nSPS) is 28.0. The molecule has 5 nitrogen and oxygen atoms in total. The van der Waals surface area contributed by atoms with E-state index in [4.69, 9.17) is 0 Å². The van der Waals surface area contributed by atoms with Gasteiger partial charge in [0.25, 0.3) is 0 Å². The van der Waals surface area contributed by atoms with Gasteiger partial charge in [-0.2, -0.15) is 38.6 Å². The average Bonchev–Trinajstić information content (AvgIpc) is 2.72. The van der Waals surface area contributed by atoms with E-state index in [1.165, 1.54) is 6.92 Å². The molecule has 1 rings (SSSR count). The molecule has 13 heteroatoms. The Morgan fingerprint density at radius 1 is 1.00 bits per heavy atom. The van der Waals surface area contributed by atoms with Gasteiger partial charge in [-0.05, 0) is 6.42 Å². The first-order valence-electron chi connectivity index (χ1n) is 6.13. The Bertz CT molecular complexity index is 623. The van der Waals surface area contributed by atoms with Gasteiger partial charge < -0.3 is 0 Å². The van der Waals surface area contributed by atoms with E-state index in [1.54, 1.807) is 0 Å². The van der Waals surface area contributed by atoms with E-state index in [-0.39, 0.29) is 12.8 Å². The number of hydrogen-bond acceptors (Lipinski definition) is 4. The summed E-state index contributed by atoms with van der Waals surface area (Å²) in [6.45, 7) is -0.418. The molecule has 0 aliphatic carbocycles. The quantitative estimate of drug-likeness (QED) is 0.555. The van der Waals surface area contributed by atoms with Crippen molar-refractivity contribution in [3.8, 4) is 0 Å². The van der Waals surface area contributed by atoms with E-state index in [1.807, 2.05) is 0 Å². The molecule has 0 saturated carbocycles. The molecule has 0 aromatic rings. The maximum absolute atomic E-state index is 12.8. The van der Waals surface area contributed by atoms with E-state index in [0.29, 0.717) is 0 Å². The maximum atomic E-state index is 12.8. The summed E-state index contributed by atoms with van der Waals surface area (Å²) in [5.41, 5.74) is -11.7. The zero-order chi connectivity index (χ0) is 17.6. The Kier molecular flexibility index (Phi) is 4.88. The third kappa shape index (κ3) is 2.70. The van der Waals surface area contributed by atoms with Gasteiger partial charge in [0.15, 0.2) is 0 Å². The van der Waals surface area contributed by atoms with Crippen LogP contribution in [0.3, 0.4) is 0 Å². The number of likely N-dealkylation sites (tertiary alicyclic amines) is 1. The van der Waals surface area contributed by atoms with E-state index in [0.717, 1.165) is 0 Å². The predicted molar refractivity (Wildman–Crippen MR) is 63.3 cm³/mol. The molecule has 0 bridgehead atoms. The van der Waals surface area contributed by atoms with Crippen LogP contribution in [0.2, 0.25) is 0 Å². The Morgan fingerprint density at radius 2 is 1.50 bits per heavy atom. The van der Waals surface area contributed by atoms with Crippen molar-refractivity contribution in [2.75, 3.05) is 13.1 Å². The van der Waals surface area contributed by atoms with Crippen molar-refractivity contribution in [1.82, 2.24) is 0 Å². The van der Waals surface area contributed by atoms with Crippen LogP contribution < -0.4 is 0 Å². The highest BCUT2D eigenvalue weighted by atomic mass is 32.2. The third-order valence-electron chi connectivity index (χ3n) is 3.57. The van der Waals surface area contributed by atoms with Crippen molar-refractivity contribution in [3.63, 3.8) is 0 Å². The number of nitrogens with zero attached hydrogens (tertiary/aromatic N) is 1. The standard InChI is InChI=1S/C9H14F6NO4S2/c1-2-5-16(22(19,20)9(13,14)15)6-3-4-7(16)21(17,18)8(10,11)12/h7H,2-6H2,1H3/q+1. The number of halogens is 6. The summed E-state index contributed by atoms with van der Waals surface area (Å²) in [6, 6.07) is 0. The number of sulfonamides is 1. The first-order chi connectivity index (χ1) is 9.65. The Balaban J connectivity index is 3.61. The van der Waals surface area contributed by atoms with Crippen LogP contribution in [0.5, 0.6) is 0 Å². The highest BCUT2D eigenvalue weighted by Crippen LogP contribution is 2.45. The second-order valence-corrected chi connectivity index (χ2v) is 9.15. The molecule has 1 heterocycles. The molecule has 0 radical (unpaired) electrons. The van der Waals surface area contributed by atoms with Crippen molar-refractivity contribution >= 4 is 19.9 Å². The largest absolute Gasteiger partial charge is 0.549 e. The summed E-state index contributed by atoms with van der Waals surface area (Å²) in [4.78, 5) is 0. The van der Waals surface area contributed by atoms with Crippen molar-refractivity contribution in [2.45, 2.75) is 42.6 Å². The number of hydrogen-bond donors (Lipinski definition) is 0. The minimum Gasteiger partial charge on any atom is -0.213 e. The molecule has 1 saturated heterocycles. The monoisotopic (exact) mass is 378 g/mol. The number of alkyl halides is 6. The second kappa shape index (κ2) is 5.51. The lowest BCUT2D eigenvalue weighted by Crippen LogP contribution is -2.63. The van der Waals surface area contributed by atoms with Crippen LogP contribution in [-0.2, 0) is 19.9 Å². The zero-order valence-corrected chi connectivity index (χ0v) is 12.9. The maximum Gasteiger partial charge on any atom is 0.549 e. The van der Waals surface area contributed by atoms with Gasteiger partial charge in [-0.15, -0.1) is 0 Å². The SMILES string of the molecule is CCC[N+]1(S(=O)(=O)C(F)(F)F)CCCC1S(=O)(=O)C(F)(F)F. The first-order valence-corrected chi connectivity index (χ1v) is 9.12. The molecule has 0 amide bonds. The zero-order valence-electron chi connectivity index (χ0n) is 11.3. The number of rotatable bonds is 4. The van der Waals surface area contributed by atoms with Crippen molar-refractivity contribution < 1.29 is 47.1 Å². The highest BCUT2D eigenvalue weighted by Gasteiger charge is 2.70. The van der Waals surface area contributed by atoms with Crippen molar-refractivity contribution in [2.24, 2.45) is 0 Å². The molecule has 2 unspecified atom stereocenters. The van der Waals surface area contributed by atoms with E-state index in [9.17, 15) is 43.2 Å². The van der Waals surface area contributed by atoms with Gasteiger partial charge in [-0.3, -0.25) is 0 Å². The molecular weight excluding hydrogens is 364 g/mol. The van der Waals surface area contributed by atoms with Crippen LogP contribution in [-0.4, -0.2) is 50.2 Å². The topological polar surface area (TPSA) is 68.3 Å². The smallest absolute Gasteiger partial charge is 0.213 e. The summed E-state index contributed by atoms with van der Waals surface area (Å²) in [7, 11) is -12.2. The highest BCUT2D eigenvalue weighted by molar-refractivity contribution is 7.93. The summed E-state index contributed by atoms with van der Waals surface area (Å²) < 4.78 is 121. The summed E-state index contributed by atoms with van der Waals surface area (Å²) in [5.74, 6) is 0. The Labute approximate surface area is 123 Å². The summed E-state index contributed by atoms with van der Waals surface area (Å²) in [5, 5.41) is -2.70. The van der Waals surface area contributed by atoms with Gasteiger partial charge in [-0.25, -0.2) is 8.42 Å². The predicted octanol–water partition coefficient (Wildman–Crippen LogP) is 2.12. The fraction of sp³-hybridized carbons (Fsp3) is 1.00. The summed E-state index contributed by atoms with van der Waals surface area (Å²) >= 11 is 0. The lowest BCUT2D eigenvalue weighted by molar-refractivity contribution is -0.807. The Hall–Kier alpha value is -0.560. The lowest BCUT2D eigenvalue weighted by Gasteiger charge is -2.37. The molecule has 1 aliphatic heterocycles. The van der Waals surface area contributed by atoms with Crippen LogP contribution in [0, 0.1) is 0 Å². The molecule has 22 heavy (non-hydrogen) atoms. The number of sulfone groups is 1. The Morgan fingerprint density at radius 3 is 1.86 bits per heavy atom. The van der Waals surface area contributed by atoms with Crippen LogP contribution in [0.25, 0.3) is 0 Å². The molecule has 0 N–H and O–H groups in total. The van der Waals surface area contributed by atoms with Crippen LogP contribution >= 0.6 is 0 Å². The van der Waals surface area contributed by atoms with Gasteiger partial charge in [0.05, 0.1) is 13.1 Å². The van der Waals surface area contributed by atoms with Gasteiger partial charge in [0.1, 0.15) is 0 Å².